The molecule has 1 heterocycles. The lowest BCUT2D eigenvalue weighted by molar-refractivity contribution is 0.275. The summed E-state index contributed by atoms with van der Waals surface area (Å²) in [7, 11) is -3.46. The van der Waals surface area contributed by atoms with Gasteiger partial charge in [0.15, 0.2) is 0 Å². The molecule has 0 saturated carbocycles. The number of nitrogens with zero attached hydrogens (tertiary/aromatic N) is 2. The van der Waals surface area contributed by atoms with Crippen molar-refractivity contribution < 1.29 is 13.2 Å². The van der Waals surface area contributed by atoms with Gasteiger partial charge in [0, 0.05) is 31.6 Å². The number of sulfonamides is 1. The molecule has 0 aliphatic carbocycles. The fourth-order valence-electron chi connectivity index (χ4n) is 3.07. The second kappa shape index (κ2) is 13.0. The van der Waals surface area contributed by atoms with Gasteiger partial charge in [-0.15, -0.1) is 11.3 Å². The van der Waals surface area contributed by atoms with Gasteiger partial charge in [-0.1, -0.05) is 50.0 Å². The van der Waals surface area contributed by atoms with E-state index in [-0.39, 0.29) is 5.41 Å². The largest absolute Gasteiger partial charge is 0.492 e. The molecule has 0 atom stereocenters. The summed E-state index contributed by atoms with van der Waals surface area (Å²) in [6, 6.07) is 11.4. The third kappa shape index (κ3) is 9.34. The number of benzene rings is 1. The van der Waals surface area contributed by atoms with Crippen LogP contribution >= 0.6 is 11.3 Å². The predicted octanol–water partition coefficient (Wildman–Crippen LogP) is 5.27. The van der Waals surface area contributed by atoms with Crippen molar-refractivity contribution in [1.82, 2.24) is 9.21 Å². The molecule has 1 aromatic carbocycles. The molecule has 1 aromatic heterocycles. The lowest BCUT2D eigenvalue weighted by Crippen LogP contribution is -2.34. The Morgan fingerprint density at radius 1 is 1.12 bits per heavy atom. The monoisotopic (exact) mass is 488 g/mol. The molecule has 180 valence electrons. The van der Waals surface area contributed by atoms with E-state index in [1.54, 1.807) is 17.5 Å². The van der Waals surface area contributed by atoms with Crippen molar-refractivity contribution in [3.05, 3.63) is 59.5 Å². The van der Waals surface area contributed by atoms with Crippen LogP contribution in [0.4, 0.5) is 0 Å². The van der Waals surface area contributed by atoms with Crippen molar-refractivity contribution in [2.45, 2.75) is 45.4 Å². The normalized spacial score (nSPS) is 12.3. The number of hydrogen-bond acceptors (Lipinski definition) is 5. The first kappa shape index (κ1) is 27.1. The van der Waals surface area contributed by atoms with Crippen LogP contribution in [0.5, 0.6) is 5.75 Å². The highest BCUT2D eigenvalue weighted by atomic mass is 32.2. The first-order chi connectivity index (χ1) is 15.7. The van der Waals surface area contributed by atoms with Crippen LogP contribution in [-0.4, -0.2) is 50.4 Å². The van der Waals surface area contributed by atoms with E-state index in [4.69, 9.17) is 4.74 Å². The zero-order chi connectivity index (χ0) is 24.3. The summed E-state index contributed by atoms with van der Waals surface area (Å²) in [6.45, 7) is 13.9. The number of thiophene rings is 1. The summed E-state index contributed by atoms with van der Waals surface area (Å²) in [5.74, 6) is 7.07. The van der Waals surface area contributed by atoms with Crippen LogP contribution in [0.2, 0.25) is 0 Å². The van der Waals surface area contributed by atoms with Gasteiger partial charge < -0.3 is 4.74 Å². The van der Waals surface area contributed by atoms with Gasteiger partial charge >= 0.3 is 0 Å². The van der Waals surface area contributed by atoms with Crippen LogP contribution in [0.25, 0.3) is 0 Å². The van der Waals surface area contributed by atoms with E-state index in [0.717, 1.165) is 30.9 Å². The number of likely N-dealkylation sites (N-methyl/N-ethyl adjacent to an activating group) is 2. The fourth-order valence-corrected chi connectivity index (χ4v) is 5.64. The van der Waals surface area contributed by atoms with E-state index in [0.29, 0.717) is 23.9 Å². The quantitative estimate of drug-likeness (QED) is 0.382. The van der Waals surface area contributed by atoms with Gasteiger partial charge in [-0.25, -0.2) is 8.42 Å². The van der Waals surface area contributed by atoms with Crippen LogP contribution in [0.3, 0.4) is 0 Å². The molecule has 0 spiro atoms. The van der Waals surface area contributed by atoms with Gasteiger partial charge in [-0.3, -0.25) is 4.90 Å². The van der Waals surface area contributed by atoms with Crippen LogP contribution in [-0.2, 0) is 16.6 Å². The van der Waals surface area contributed by atoms with Crippen LogP contribution in [0.1, 0.15) is 40.2 Å². The zero-order valence-corrected chi connectivity index (χ0v) is 22.0. The Kier molecular flexibility index (Phi) is 10.6. The van der Waals surface area contributed by atoms with Gasteiger partial charge in [0.1, 0.15) is 16.6 Å². The molecule has 2 rings (SSSR count). The number of ether oxygens (including phenoxy) is 1. The van der Waals surface area contributed by atoms with Gasteiger partial charge in [0.2, 0.25) is 0 Å². The molecule has 0 amide bonds. The molecule has 7 heteroatoms. The number of rotatable bonds is 12. The molecule has 0 aliphatic heterocycles. The van der Waals surface area contributed by atoms with Gasteiger partial charge in [-0.05, 0) is 62.5 Å². The van der Waals surface area contributed by atoms with Crippen molar-refractivity contribution in [3.63, 3.8) is 0 Å². The van der Waals surface area contributed by atoms with Gasteiger partial charge in [0.25, 0.3) is 10.0 Å². The molecule has 0 unspecified atom stereocenters. The van der Waals surface area contributed by atoms with E-state index in [2.05, 4.69) is 56.6 Å². The summed E-state index contributed by atoms with van der Waals surface area (Å²) in [5, 5.41) is 1.78. The molecule has 2 aromatic rings. The maximum Gasteiger partial charge on any atom is 0.252 e. The first-order valence-electron chi connectivity index (χ1n) is 11.3. The fraction of sp³-hybridized carbons (Fsp3) is 0.462. The smallest absolute Gasteiger partial charge is 0.252 e. The SMILES string of the molecule is CCN(C/C=C/C#CC(C)(C)C)Cc1cccc(OCCN(CC)S(=O)(=O)c2cccs2)c1. The van der Waals surface area contributed by atoms with Gasteiger partial charge in [-0.2, -0.15) is 4.31 Å². The van der Waals surface area contributed by atoms with Crippen molar-refractivity contribution in [3.8, 4) is 17.6 Å². The second-order valence-electron chi connectivity index (χ2n) is 8.67. The molecule has 0 aliphatic rings. The topological polar surface area (TPSA) is 49.9 Å². The summed E-state index contributed by atoms with van der Waals surface area (Å²) >= 11 is 1.23. The van der Waals surface area contributed by atoms with Crippen molar-refractivity contribution in [1.29, 1.82) is 0 Å². The highest BCUT2D eigenvalue weighted by Gasteiger charge is 2.23. The minimum atomic E-state index is -3.46. The number of allylic oxidation sites excluding steroid dienone is 1. The highest BCUT2D eigenvalue weighted by Crippen LogP contribution is 2.21. The van der Waals surface area contributed by atoms with Crippen molar-refractivity contribution >= 4 is 21.4 Å². The minimum absolute atomic E-state index is 0.0114. The molecule has 0 N–H and O–H groups in total. The third-order valence-electron chi connectivity index (χ3n) is 4.82. The van der Waals surface area contributed by atoms with Crippen LogP contribution < -0.4 is 4.74 Å². The summed E-state index contributed by atoms with van der Waals surface area (Å²) in [5.41, 5.74) is 1.17. The maximum absolute atomic E-state index is 12.7. The Bertz CT molecular complexity index is 1040. The first-order valence-corrected chi connectivity index (χ1v) is 13.6. The molecule has 5 nitrogen and oxygen atoms in total. The van der Waals surface area contributed by atoms with Gasteiger partial charge in [0.05, 0.1) is 0 Å². The Labute approximate surface area is 204 Å². The molecule has 0 saturated heterocycles. The standard InChI is InChI=1S/C26H36N2O3S2/c1-6-27(17-10-8-9-16-26(3,4)5)22-23-13-11-14-24(21-23)31-19-18-28(7-2)33(29,30)25-15-12-20-32-25/h8,10-15,20-21H,6-7,17-19,22H2,1-5H3/b10-8+. The van der Waals surface area contributed by atoms with Crippen molar-refractivity contribution in [2.75, 3.05) is 32.8 Å². The Balaban J connectivity index is 1.90. The van der Waals surface area contributed by atoms with Crippen LogP contribution in [0.15, 0.2) is 58.1 Å². The van der Waals surface area contributed by atoms with E-state index in [1.165, 1.54) is 15.6 Å². The average Bonchev–Trinajstić information content (AvgIpc) is 3.31. The van der Waals surface area contributed by atoms with E-state index < -0.39 is 10.0 Å². The Morgan fingerprint density at radius 2 is 1.91 bits per heavy atom. The Hall–Kier alpha value is -2.11. The van der Waals surface area contributed by atoms with E-state index >= 15 is 0 Å². The second-order valence-corrected chi connectivity index (χ2v) is 11.8. The van der Waals surface area contributed by atoms with E-state index in [1.807, 2.05) is 31.2 Å². The Morgan fingerprint density at radius 3 is 2.55 bits per heavy atom. The summed E-state index contributed by atoms with van der Waals surface area (Å²) in [6.07, 6.45) is 4.02. The average molecular weight is 489 g/mol. The molecule has 0 bridgehead atoms. The maximum atomic E-state index is 12.7. The minimum Gasteiger partial charge on any atom is -0.492 e. The lowest BCUT2D eigenvalue weighted by Gasteiger charge is -2.20. The van der Waals surface area contributed by atoms with Crippen molar-refractivity contribution in [2.24, 2.45) is 5.41 Å². The third-order valence-corrected chi connectivity index (χ3v) is 8.16. The summed E-state index contributed by atoms with van der Waals surface area (Å²) < 4.78 is 33.1. The summed E-state index contributed by atoms with van der Waals surface area (Å²) in [4.78, 5) is 2.32. The predicted molar refractivity (Wildman–Crippen MR) is 138 cm³/mol. The molecular weight excluding hydrogens is 452 g/mol. The number of hydrogen-bond donors (Lipinski definition) is 0. The molecule has 0 fully saturated rings. The van der Waals surface area contributed by atoms with E-state index in [9.17, 15) is 8.42 Å². The molecule has 33 heavy (non-hydrogen) atoms. The lowest BCUT2D eigenvalue weighted by atomic mass is 9.98. The zero-order valence-electron chi connectivity index (χ0n) is 20.4. The highest BCUT2D eigenvalue weighted by molar-refractivity contribution is 7.91. The molecule has 0 radical (unpaired) electrons. The molecular formula is C26H36N2O3S2. The van der Waals surface area contributed by atoms with Crippen LogP contribution in [0, 0.1) is 17.3 Å².